The van der Waals surface area contributed by atoms with Crippen molar-refractivity contribution in [2.24, 2.45) is 11.7 Å². The van der Waals surface area contributed by atoms with Crippen LogP contribution in [0.15, 0.2) is 24.3 Å². The summed E-state index contributed by atoms with van der Waals surface area (Å²) in [6.07, 6.45) is 2.57. The Balaban J connectivity index is 1.92. The Morgan fingerprint density at radius 3 is 3.06 bits per heavy atom. The van der Waals surface area contributed by atoms with Gasteiger partial charge in [-0.2, -0.15) is 0 Å². The Morgan fingerprint density at radius 2 is 2.33 bits per heavy atom. The molecule has 1 heterocycles. The first-order valence-corrected chi connectivity index (χ1v) is 7.24. The number of piperidine rings is 1. The van der Waals surface area contributed by atoms with Gasteiger partial charge in [-0.05, 0) is 55.5 Å². The molecule has 1 saturated heterocycles. The van der Waals surface area contributed by atoms with Gasteiger partial charge < -0.3 is 10.6 Å². The van der Waals surface area contributed by atoms with Gasteiger partial charge in [0.1, 0.15) is 0 Å². The summed E-state index contributed by atoms with van der Waals surface area (Å²) in [5, 5.41) is 0.831. The summed E-state index contributed by atoms with van der Waals surface area (Å²) in [4.78, 5) is 2.55. The average molecular weight is 267 g/mol. The molecule has 2 rings (SSSR count). The number of hydrogen-bond donors (Lipinski definition) is 1. The molecule has 1 aromatic carbocycles. The Bertz CT molecular complexity index is 381. The topological polar surface area (TPSA) is 29.3 Å². The Hall–Kier alpha value is -0.570. The van der Waals surface area contributed by atoms with Crippen molar-refractivity contribution in [3.05, 3.63) is 34.9 Å². The van der Waals surface area contributed by atoms with Crippen LogP contribution < -0.4 is 5.73 Å². The van der Waals surface area contributed by atoms with Gasteiger partial charge >= 0.3 is 0 Å². The maximum absolute atomic E-state index is 6.05. The van der Waals surface area contributed by atoms with Crippen LogP contribution in [0.5, 0.6) is 0 Å². The van der Waals surface area contributed by atoms with E-state index in [1.54, 1.807) is 0 Å². The molecular formula is C15H23ClN2. The van der Waals surface area contributed by atoms with E-state index in [4.69, 9.17) is 17.3 Å². The lowest BCUT2D eigenvalue weighted by Gasteiger charge is -2.33. The lowest BCUT2D eigenvalue weighted by atomic mass is 9.95. The van der Waals surface area contributed by atoms with Crippen molar-refractivity contribution in [2.45, 2.75) is 25.7 Å². The van der Waals surface area contributed by atoms with Crippen molar-refractivity contribution in [1.29, 1.82) is 0 Å². The standard InChI is InChI=1S/C15H23ClN2/c1-12(14-5-2-6-15(16)8-14)10-18-7-3-4-13(9-17)11-18/h2,5-6,8,12-13H,3-4,7,9-11,17H2,1H3. The molecule has 1 fully saturated rings. The highest BCUT2D eigenvalue weighted by molar-refractivity contribution is 6.30. The number of rotatable bonds is 4. The van der Waals surface area contributed by atoms with Crippen LogP contribution in [0, 0.1) is 5.92 Å². The van der Waals surface area contributed by atoms with Crippen molar-refractivity contribution < 1.29 is 0 Å². The predicted octanol–water partition coefficient (Wildman–Crippen LogP) is 3.11. The zero-order chi connectivity index (χ0) is 13.0. The van der Waals surface area contributed by atoms with Crippen molar-refractivity contribution >= 4 is 11.6 Å². The van der Waals surface area contributed by atoms with Crippen LogP contribution in [-0.4, -0.2) is 31.1 Å². The molecule has 1 aromatic rings. The minimum Gasteiger partial charge on any atom is -0.330 e. The number of nitrogens with two attached hydrogens (primary N) is 1. The second-order valence-corrected chi connectivity index (χ2v) is 5.90. The number of hydrogen-bond acceptors (Lipinski definition) is 2. The maximum atomic E-state index is 6.05. The average Bonchev–Trinajstić information content (AvgIpc) is 2.39. The fraction of sp³-hybridized carbons (Fsp3) is 0.600. The highest BCUT2D eigenvalue weighted by atomic mass is 35.5. The third kappa shape index (κ3) is 3.71. The van der Waals surface area contributed by atoms with E-state index in [1.807, 2.05) is 12.1 Å². The van der Waals surface area contributed by atoms with Gasteiger partial charge in [0.2, 0.25) is 0 Å². The summed E-state index contributed by atoms with van der Waals surface area (Å²) in [5.41, 5.74) is 7.11. The van der Waals surface area contributed by atoms with Crippen molar-refractivity contribution in [2.75, 3.05) is 26.2 Å². The van der Waals surface area contributed by atoms with E-state index < -0.39 is 0 Å². The Morgan fingerprint density at radius 1 is 1.50 bits per heavy atom. The zero-order valence-corrected chi connectivity index (χ0v) is 11.9. The van der Waals surface area contributed by atoms with Crippen LogP contribution in [0.2, 0.25) is 5.02 Å². The van der Waals surface area contributed by atoms with Crippen molar-refractivity contribution in [3.63, 3.8) is 0 Å². The molecule has 1 aliphatic heterocycles. The first-order valence-electron chi connectivity index (χ1n) is 6.87. The minimum absolute atomic E-state index is 0.528. The van der Waals surface area contributed by atoms with Crippen LogP contribution in [-0.2, 0) is 0 Å². The van der Waals surface area contributed by atoms with E-state index in [0.717, 1.165) is 24.7 Å². The largest absolute Gasteiger partial charge is 0.330 e. The molecule has 2 atom stereocenters. The SMILES string of the molecule is CC(CN1CCCC(CN)C1)c1cccc(Cl)c1. The summed E-state index contributed by atoms with van der Waals surface area (Å²) in [7, 11) is 0. The van der Waals surface area contributed by atoms with Gasteiger partial charge in [0, 0.05) is 18.1 Å². The molecule has 2 unspecified atom stereocenters. The highest BCUT2D eigenvalue weighted by Gasteiger charge is 2.20. The van der Waals surface area contributed by atoms with E-state index in [-0.39, 0.29) is 0 Å². The molecule has 0 bridgehead atoms. The van der Waals surface area contributed by atoms with Gasteiger partial charge in [-0.25, -0.2) is 0 Å². The van der Waals surface area contributed by atoms with Gasteiger partial charge in [-0.15, -0.1) is 0 Å². The lowest BCUT2D eigenvalue weighted by Crippen LogP contribution is -2.40. The summed E-state index contributed by atoms with van der Waals surface area (Å²) < 4.78 is 0. The molecule has 100 valence electrons. The summed E-state index contributed by atoms with van der Waals surface area (Å²) in [6.45, 7) is 6.57. The molecule has 3 heteroatoms. The Labute approximate surface area is 115 Å². The van der Waals surface area contributed by atoms with E-state index in [1.165, 1.54) is 24.9 Å². The smallest absolute Gasteiger partial charge is 0.0408 e. The third-order valence-corrected chi connectivity index (χ3v) is 4.12. The third-order valence-electron chi connectivity index (χ3n) is 3.89. The second kappa shape index (κ2) is 6.55. The van der Waals surface area contributed by atoms with E-state index in [2.05, 4.69) is 24.0 Å². The zero-order valence-electron chi connectivity index (χ0n) is 11.1. The number of likely N-dealkylation sites (tertiary alicyclic amines) is 1. The normalized spacial score (nSPS) is 22.9. The first-order chi connectivity index (χ1) is 8.69. The van der Waals surface area contributed by atoms with Crippen LogP contribution in [0.1, 0.15) is 31.2 Å². The molecule has 0 radical (unpaired) electrons. The first kappa shape index (κ1) is 13.9. The molecule has 0 amide bonds. The van der Waals surface area contributed by atoms with Gasteiger partial charge in [0.15, 0.2) is 0 Å². The monoisotopic (exact) mass is 266 g/mol. The lowest BCUT2D eigenvalue weighted by molar-refractivity contribution is 0.171. The van der Waals surface area contributed by atoms with Gasteiger partial charge in [0.05, 0.1) is 0 Å². The molecule has 1 aliphatic rings. The van der Waals surface area contributed by atoms with Gasteiger partial charge in [0.25, 0.3) is 0 Å². The van der Waals surface area contributed by atoms with E-state index in [9.17, 15) is 0 Å². The molecule has 2 N–H and O–H groups in total. The number of benzene rings is 1. The fourth-order valence-electron chi connectivity index (χ4n) is 2.82. The van der Waals surface area contributed by atoms with Crippen LogP contribution in [0.4, 0.5) is 0 Å². The summed E-state index contributed by atoms with van der Waals surface area (Å²) in [5.74, 6) is 1.21. The van der Waals surface area contributed by atoms with Crippen LogP contribution in [0.3, 0.4) is 0 Å². The van der Waals surface area contributed by atoms with Crippen molar-refractivity contribution in [1.82, 2.24) is 4.90 Å². The molecule has 0 saturated carbocycles. The Kier molecular flexibility index (Phi) is 5.04. The van der Waals surface area contributed by atoms with E-state index >= 15 is 0 Å². The molecular weight excluding hydrogens is 244 g/mol. The van der Waals surface area contributed by atoms with Gasteiger partial charge in [-0.1, -0.05) is 30.7 Å². The predicted molar refractivity (Wildman–Crippen MR) is 78.1 cm³/mol. The fourth-order valence-corrected chi connectivity index (χ4v) is 3.01. The van der Waals surface area contributed by atoms with Gasteiger partial charge in [-0.3, -0.25) is 0 Å². The van der Waals surface area contributed by atoms with Crippen LogP contribution >= 0.6 is 11.6 Å². The molecule has 0 aromatic heterocycles. The van der Waals surface area contributed by atoms with E-state index in [0.29, 0.717) is 11.8 Å². The molecule has 0 spiro atoms. The minimum atomic E-state index is 0.528. The quantitative estimate of drug-likeness (QED) is 0.907. The maximum Gasteiger partial charge on any atom is 0.0408 e. The molecule has 0 aliphatic carbocycles. The summed E-state index contributed by atoms with van der Waals surface area (Å²) >= 11 is 6.05. The number of nitrogens with zero attached hydrogens (tertiary/aromatic N) is 1. The van der Waals surface area contributed by atoms with Crippen LogP contribution in [0.25, 0.3) is 0 Å². The number of halogens is 1. The molecule has 18 heavy (non-hydrogen) atoms. The second-order valence-electron chi connectivity index (χ2n) is 5.46. The summed E-state index contributed by atoms with van der Waals surface area (Å²) in [6, 6.07) is 8.22. The van der Waals surface area contributed by atoms with Crippen molar-refractivity contribution in [3.8, 4) is 0 Å². The highest BCUT2D eigenvalue weighted by Crippen LogP contribution is 2.23. The molecule has 2 nitrogen and oxygen atoms in total.